The molecule has 1 N–H and O–H groups in total. The zero-order chi connectivity index (χ0) is 15.4. The molecule has 1 aromatic rings. The maximum atomic E-state index is 13.0. The lowest BCUT2D eigenvalue weighted by Gasteiger charge is -2.16. The van der Waals surface area contributed by atoms with Crippen LogP contribution in [-0.4, -0.2) is 48.7 Å². The number of benzene rings is 1. The molecule has 0 radical (unpaired) electrons. The number of carboxylic acids is 1. The molecule has 1 aromatic carbocycles. The number of hydrogen-bond donors (Lipinski definition) is 1. The predicted molar refractivity (Wildman–Crippen MR) is 73.3 cm³/mol. The highest BCUT2D eigenvalue weighted by Gasteiger charge is 2.40. The lowest BCUT2D eigenvalue weighted by molar-refractivity contribution is -0.141. The molecule has 0 unspecified atom stereocenters. The molecule has 5 nitrogen and oxygen atoms in total. The lowest BCUT2D eigenvalue weighted by Crippen LogP contribution is -2.30. The van der Waals surface area contributed by atoms with Crippen molar-refractivity contribution in [2.75, 3.05) is 26.8 Å². The van der Waals surface area contributed by atoms with E-state index in [1.54, 1.807) is 17.0 Å². The molecule has 0 bridgehead atoms. The summed E-state index contributed by atoms with van der Waals surface area (Å²) in [6.07, 6.45) is 0.235. The van der Waals surface area contributed by atoms with Crippen LogP contribution in [0.1, 0.15) is 17.9 Å². The second kappa shape index (κ2) is 6.67. The van der Waals surface area contributed by atoms with Gasteiger partial charge in [0.25, 0.3) is 0 Å². The van der Waals surface area contributed by atoms with Crippen molar-refractivity contribution in [2.24, 2.45) is 5.92 Å². The first kappa shape index (κ1) is 15.4. The number of aliphatic carboxylic acids is 1. The number of likely N-dealkylation sites (tertiary alicyclic amines) is 1. The van der Waals surface area contributed by atoms with Gasteiger partial charge in [0.2, 0.25) is 5.91 Å². The maximum absolute atomic E-state index is 13.0. The van der Waals surface area contributed by atoms with Gasteiger partial charge >= 0.3 is 5.97 Å². The highest BCUT2D eigenvalue weighted by molar-refractivity contribution is 5.79. The SMILES string of the molecule is COCCC(=O)N1C[C@H](C(=O)O)[C@@H](c2ccc(F)cc2)C1. The maximum Gasteiger partial charge on any atom is 0.308 e. The molecular formula is C15H18FNO4. The Balaban J connectivity index is 2.14. The highest BCUT2D eigenvalue weighted by Crippen LogP contribution is 2.33. The third kappa shape index (κ3) is 3.58. The Morgan fingerprint density at radius 1 is 1.33 bits per heavy atom. The van der Waals surface area contributed by atoms with E-state index in [0.29, 0.717) is 13.2 Å². The number of halogens is 1. The van der Waals surface area contributed by atoms with Crippen molar-refractivity contribution in [3.63, 3.8) is 0 Å². The minimum absolute atomic E-state index is 0.118. The fourth-order valence-electron chi connectivity index (χ4n) is 2.65. The molecule has 1 aliphatic rings. The van der Waals surface area contributed by atoms with Crippen LogP contribution in [0.5, 0.6) is 0 Å². The molecule has 0 aliphatic carbocycles. The van der Waals surface area contributed by atoms with E-state index in [1.165, 1.54) is 19.2 Å². The van der Waals surface area contributed by atoms with Gasteiger partial charge in [-0.1, -0.05) is 12.1 Å². The molecular weight excluding hydrogens is 277 g/mol. The number of carboxylic acid groups (broad SMARTS) is 1. The third-order valence-corrected chi connectivity index (χ3v) is 3.81. The van der Waals surface area contributed by atoms with Gasteiger partial charge in [0, 0.05) is 26.1 Å². The zero-order valence-electron chi connectivity index (χ0n) is 11.8. The number of rotatable bonds is 5. The van der Waals surface area contributed by atoms with Crippen molar-refractivity contribution in [3.8, 4) is 0 Å². The first-order chi connectivity index (χ1) is 10.0. The normalized spacial score (nSPS) is 21.5. The topological polar surface area (TPSA) is 66.8 Å². The molecule has 0 aromatic heterocycles. The van der Waals surface area contributed by atoms with Crippen LogP contribution < -0.4 is 0 Å². The Hall–Kier alpha value is -1.95. The average Bonchev–Trinajstić information content (AvgIpc) is 2.91. The molecule has 1 heterocycles. The third-order valence-electron chi connectivity index (χ3n) is 3.81. The largest absolute Gasteiger partial charge is 0.481 e. The van der Waals surface area contributed by atoms with E-state index in [4.69, 9.17) is 4.74 Å². The van der Waals surface area contributed by atoms with Crippen LogP contribution in [0.2, 0.25) is 0 Å². The molecule has 1 fully saturated rings. The number of carbonyl (C=O) groups is 2. The molecule has 1 amide bonds. The van der Waals surface area contributed by atoms with Crippen LogP contribution in [0.25, 0.3) is 0 Å². The summed E-state index contributed by atoms with van der Waals surface area (Å²) in [5.74, 6) is -2.40. The van der Waals surface area contributed by atoms with Crippen LogP contribution in [0.4, 0.5) is 4.39 Å². The molecule has 6 heteroatoms. The van der Waals surface area contributed by atoms with Crippen molar-refractivity contribution in [1.29, 1.82) is 0 Å². The fraction of sp³-hybridized carbons (Fsp3) is 0.467. The monoisotopic (exact) mass is 295 g/mol. The number of carbonyl (C=O) groups excluding carboxylic acids is 1. The summed E-state index contributed by atoms with van der Waals surface area (Å²) in [7, 11) is 1.51. The summed E-state index contributed by atoms with van der Waals surface area (Å²) in [6.45, 7) is 0.833. The van der Waals surface area contributed by atoms with E-state index in [-0.39, 0.29) is 30.6 Å². The van der Waals surface area contributed by atoms with Gasteiger partial charge in [-0.15, -0.1) is 0 Å². The number of methoxy groups -OCH3 is 1. The van der Waals surface area contributed by atoms with Gasteiger partial charge in [-0.3, -0.25) is 9.59 Å². The van der Waals surface area contributed by atoms with Gasteiger partial charge < -0.3 is 14.7 Å². The minimum Gasteiger partial charge on any atom is -0.481 e. The van der Waals surface area contributed by atoms with Gasteiger partial charge in [-0.25, -0.2) is 4.39 Å². The zero-order valence-corrected chi connectivity index (χ0v) is 11.8. The Morgan fingerprint density at radius 3 is 2.57 bits per heavy atom. The van der Waals surface area contributed by atoms with E-state index in [1.807, 2.05) is 0 Å². The van der Waals surface area contributed by atoms with Gasteiger partial charge in [0.1, 0.15) is 5.82 Å². The predicted octanol–water partition coefficient (Wildman–Crippen LogP) is 1.49. The first-order valence-electron chi connectivity index (χ1n) is 6.78. The van der Waals surface area contributed by atoms with Gasteiger partial charge in [0.05, 0.1) is 18.9 Å². The summed E-state index contributed by atoms with van der Waals surface area (Å²) >= 11 is 0. The number of nitrogens with zero attached hydrogens (tertiary/aromatic N) is 1. The van der Waals surface area contributed by atoms with E-state index in [9.17, 15) is 19.1 Å². The first-order valence-corrected chi connectivity index (χ1v) is 6.78. The Kier molecular flexibility index (Phi) is 4.90. The van der Waals surface area contributed by atoms with Crippen LogP contribution >= 0.6 is 0 Å². The van der Waals surface area contributed by atoms with Crippen molar-refractivity contribution in [2.45, 2.75) is 12.3 Å². The molecule has 21 heavy (non-hydrogen) atoms. The summed E-state index contributed by atoms with van der Waals surface area (Å²) in [5.41, 5.74) is 0.742. The molecule has 2 rings (SSSR count). The van der Waals surface area contributed by atoms with Gasteiger partial charge in [-0.05, 0) is 17.7 Å². The Bertz CT molecular complexity index is 517. The van der Waals surface area contributed by atoms with Crippen LogP contribution in [-0.2, 0) is 14.3 Å². The summed E-state index contributed by atoms with van der Waals surface area (Å²) < 4.78 is 17.8. The molecule has 0 saturated carbocycles. The van der Waals surface area contributed by atoms with Crippen molar-refractivity contribution >= 4 is 11.9 Å². The van der Waals surface area contributed by atoms with Crippen molar-refractivity contribution < 1.29 is 23.8 Å². The van der Waals surface area contributed by atoms with Crippen LogP contribution in [0.15, 0.2) is 24.3 Å². The van der Waals surface area contributed by atoms with Crippen molar-refractivity contribution in [1.82, 2.24) is 4.90 Å². The number of ether oxygens (including phenoxy) is 1. The smallest absolute Gasteiger partial charge is 0.308 e. The molecule has 2 atom stereocenters. The summed E-state index contributed by atoms with van der Waals surface area (Å²) in [5, 5.41) is 9.34. The highest BCUT2D eigenvalue weighted by atomic mass is 19.1. The second-order valence-electron chi connectivity index (χ2n) is 5.14. The molecule has 0 spiro atoms. The fourth-order valence-corrected chi connectivity index (χ4v) is 2.65. The average molecular weight is 295 g/mol. The molecule has 1 aliphatic heterocycles. The number of hydrogen-bond acceptors (Lipinski definition) is 3. The van der Waals surface area contributed by atoms with Gasteiger partial charge in [0.15, 0.2) is 0 Å². The second-order valence-corrected chi connectivity index (χ2v) is 5.14. The van der Waals surface area contributed by atoms with Crippen LogP contribution in [0.3, 0.4) is 0 Å². The van der Waals surface area contributed by atoms with E-state index in [2.05, 4.69) is 0 Å². The van der Waals surface area contributed by atoms with Crippen LogP contribution in [0, 0.1) is 11.7 Å². The van der Waals surface area contributed by atoms with E-state index >= 15 is 0 Å². The lowest BCUT2D eigenvalue weighted by atomic mass is 9.89. The molecule has 114 valence electrons. The minimum atomic E-state index is -0.939. The standard InChI is InChI=1S/C15H18FNO4/c1-21-7-6-14(18)17-8-12(13(9-17)15(19)20)10-2-4-11(16)5-3-10/h2-5,12-13H,6-9H2,1H3,(H,19,20)/t12-,13+/m1/s1. The van der Waals surface area contributed by atoms with E-state index in [0.717, 1.165) is 5.56 Å². The van der Waals surface area contributed by atoms with E-state index < -0.39 is 11.9 Å². The quantitative estimate of drug-likeness (QED) is 0.893. The Morgan fingerprint density at radius 2 is 2.00 bits per heavy atom. The summed E-state index contributed by atoms with van der Waals surface area (Å²) in [4.78, 5) is 24.9. The van der Waals surface area contributed by atoms with Crippen molar-refractivity contribution in [3.05, 3.63) is 35.6 Å². The van der Waals surface area contributed by atoms with Gasteiger partial charge in [-0.2, -0.15) is 0 Å². The number of amides is 1. The molecule has 1 saturated heterocycles. The summed E-state index contributed by atoms with van der Waals surface area (Å²) in [6, 6.07) is 5.78. The Labute approximate surface area is 122 Å².